The van der Waals surface area contributed by atoms with Crippen LogP contribution in [0, 0.1) is 11.8 Å². The molecule has 4 unspecified atom stereocenters. The summed E-state index contributed by atoms with van der Waals surface area (Å²) in [6.07, 6.45) is 3.61. The van der Waals surface area contributed by atoms with Gasteiger partial charge in [0.25, 0.3) is 0 Å². The highest BCUT2D eigenvalue weighted by Gasteiger charge is 2.41. The van der Waals surface area contributed by atoms with Crippen molar-refractivity contribution in [2.75, 3.05) is 26.2 Å². The van der Waals surface area contributed by atoms with Crippen molar-refractivity contribution in [1.82, 2.24) is 10.2 Å². The van der Waals surface area contributed by atoms with Gasteiger partial charge in [-0.15, -0.1) is 11.3 Å². The zero-order chi connectivity index (χ0) is 14.2. The number of amides is 1. The number of rotatable bonds is 2. The van der Waals surface area contributed by atoms with Crippen LogP contribution in [0.2, 0.25) is 0 Å². The first-order valence-electron chi connectivity index (χ1n) is 7.98. The van der Waals surface area contributed by atoms with Gasteiger partial charge in [0.15, 0.2) is 0 Å². The summed E-state index contributed by atoms with van der Waals surface area (Å²) in [6.45, 7) is 3.22. The van der Waals surface area contributed by atoms with Gasteiger partial charge in [0.2, 0.25) is 5.91 Å². The van der Waals surface area contributed by atoms with Crippen molar-refractivity contribution in [3.05, 3.63) is 22.4 Å². The number of fused-ring (bicyclic) bond motifs is 3. The van der Waals surface area contributed by atoms with Gasteiger partial charge in [-0.05, 0) is 43.2 Å². The minimum absolute atomic E-state index is 0.0661. The Hall–Kier alpha value is -0.910. The molecule has 4 fully saturated rings. The van der Waals surface area contributed by atoms with E-state index in [1.54, 1.807) is 11.3 Å². The Balaban J connectivity index is 1.44. The number of morpholine rings is 1. The third-order valence-electron chi connectivity index (χ3n) is 5.18. The molecular formula is C16H22N2O2S. The molecule has 114 valence electrons. The van der Waals surface area contributed by atoms with Gasteiger partial charge in [0.1, 0.15) is 6.10 Å². The summed E-state index contributed by atoms with van der Waals surface area (Å²) in [5, 5.41) is 5.62. The van der Waals surface area contributed by atoms with Crippen LogP contribution in [0.4, 0.5) is 0 Å². The van der Waals surface area contributed by atoms with Crippen molar-refractivity contribution in [2.24, 2.45) is 11.8 Å². The van der Waals surface area contributed by atoms with E-state index < -0.39 is 0 Å². The molecule has 3 saturated heterocycles. The van der Waals surface area contributed by atoms with E-state index in [0.29, 0.717) is 31.0 Å². The molecule has 1 N–H and O–H groups in total. The molecule has 4 heterocycles. The van der Waals surface area contributed by atoms with Gasteiger partial charge in [-0.25, -0.2) is 0 Å². The quantitative estimate of drug-likeness (QED) is 0.909. The standard InChI is InChI=1S/C16H22N2O2S/c19-16(12-8-11-3-4-13(12)17-9-11)18-5-6-20-14(10-18)15-2-1-7-21-15/h1-2,7,11-14,17H,3-6,8-10H2. The SMILES string of the molecule is O=C(C1CC2CCC1NC2)N1CCOC(c2cccs2)C1. The van der Waals surface area contributed by atoms with Crippen LogP contribution in [0.15, 0.2) is 17.5 Å². The van der Waals surface area contributed by atoms with Crippen LogP contribution >= 0.6 is 11.3 Å². The average molecular weight is 306 g/mol. The van der Waals surface area contributed by atoms with E-state index in [1.165, 1.54) is 17.7 Å². The van der Waals surface area contributed by atoms with Gasteiger partial charge in [0.05, 0.1) is 19.1 Å². The molecule has 1 aromatic rings. The second kappa shape index (κ2) is 5.71. The van der Waals surface area contributed by atoms with Gasteiger partial charge < -0.3 is 15.0 Å². The second-order valence-electron chi connectivity index (χ2n) is 6.46. The summed E-state index contributed by atoms with van der Waals surface area (Å²) in [6, 6.07) is 4.56. The lowest BCUT2D eigenvalue weighted by molar-refractivity contribution is -0.147. The maximum absolute atomic E-state index is 12.9. The Morgan fingerprint density at radius 2 is 2.38 bits per heavy atom. The predicted molar refractivity (Wildman–Crippen MR) is 82.2 cm³/mol. The van der Waals surface area contributed by atoms with E-state index in [-0.39, 0.29) is 12.0 Å². The maximum atomic E-state index is 12.9. The highest BCUT2D eigenvalue weighted by atomic mass is 32.1. The Labute approximate surface area is 129 Å². The van der Waals surface area contributed by atoms with Crippen molar-refractivity contribution in [3.8, 4) is 0 Å². The number of thiophene rings is 1. The number of ether oxygens (including phenoxy) is 1. The van der Waals surface area contributed by atoms with E-state index >= 15 is 0 Å². The molecule has 1 aromatic heterocycles. The van der Waals surface area contributed by atoms with Crippen LogP contribution in [0.25, 0.3) is 0 Å². The molecule has 5 rings (SSSR count). The Morgan fingerprint density at radius 3 is 3.05 bits per heavy atom. The summed E-state index contributed by atoms with van der Waals surface area (Å²) in [4.78, 5) is 16.2. The largest absolute Gasteiger partial charge is 0.369 e. The average Bonchev–Trinajstić information content (AvgIpc) is 3.10. The van der Waals surface area contributed by atoms with E-state index in [9.17, 15) is 4.79 Å². The van der Waals surface area contributed by atoms with Gasteiger partial charge >= 0.3 is 0 Å². The van der Waals surface area contributed by atoms with Crippen LogP contribution in [-0.4, -0.2) is 43.1 Å². The molecule has 3 aliphatic heterocycles. The van der Waals surface area contributed by atoms with Crippen LogP contribution in [-0.2, 0) is 9.53 Å². The summed E-state index contributed by atoms with van der Waals surface area (Å²) in [5.74, 6) is 1.25. The van der Waals surface area contributed by atoms with E-state index in [4.69, 9.17) is 4.74 Å². The topological polar surface area (TPSA) is 41.6 Å². The number of nitrogens with one attached hydrogen (secondary N) is 1. The van der Waals surface area contributed by atoms with E-state index in [1.807, 2.05) is 11.0 Å². The first kappa shape index (κ1) is 13.7. The van der Waals surface area contributed by atoms with Crippen molar-refractivity contribution in [3.63, 3.8) is 0 Å². The molecular weight excluding hydrogens is 284 g/mol. The molecule has 2 bridgehead atoms. The molecule has 1 saturated carbocycles. The van der Waals surface area contributed by atoms with Crippen LogP contribution < -0.4 is 5.32 Å². The molecule has 21 heavy (non-hydrogen) atoms. The van der Waals surface area contributed by atoms with Crippen molar-refractivity contribution >= 4 is 17.2 Å². The Bertz CT molecular complexity index is 496. The second-order valence-corrected chi connectivity index (χ2v) is 7.44. The lowest BCUT2D eigenvalue weighted by atomic mass is 9.73. The fourth-order valence-corrected chi connectivity index (χ4v) is 4.77. The summed E-state index contributed by atoms with van der Waals surface area (Å²) >= 11 is 1.72. The molecule has 5 heteroatoms. The number of piperidine rings is 2. The maximum Gasteiger partial charge on any atom is 0.227 e. The Kier molecular flexibility index (Phi) is 3.73. The normalized spacial score (nSPS) is 35.9. The highest BCUT2D eigenvalue weighted by molar-refractivity contribution is 7.10. The minimum Gasteiger partial charge on any atom is -0.369 e. The van der Waals surface area contributed by atoms with Gasteiger partial charge in [-0.2, -0.15) is 0 Å². The molecule has 1 aliphatic carbocycles. The number of hydrogen-bond acceptors (Lipinski definition) is 4. The zero-order valence-electron chi connectivity index (χ0n) is 12.2. The van der Waals surface area contributed by atoms with Gasteiger partial charge in [0, 0.05) is 17.5 Å². The summed E-state index contributed by atoms with van der Waals surface area (Å²) in [5.41, 5.74) is 0. The molecule has 0 aromatic carbocycles. The minimum atomic E-state index is 0.0661. The monoisotopic (exact) mass is 306 g/mol. The fourth-order valence-electron chi connectivity index (χ4n) is 4.01. The molecule has 4 aliphatic rings. The molecule has 0 radical (unpaired) electrons. The predicted octanol–water partition coefficient (Wildman–Crippen LogP) is 2.04. The lowest BCUT2D eigenvalue weighted by Gasteiger charge is -2.45. The van der Waals surface area contributed by atoms with Crippen molar-refractivity contribution < 1.29 is 9.53 Å². The summed E-state index contributed by atoms with van der Waals surface area (Å²) < 4.78 is 5.85. The number of carbonyl (C=O) groups excluding carboxylic acids is 1. The smallest absolute Gasteiger partial charge is 0.227 e. The molecule has 1 amide bonds. The van der Waals surface area contributed by atoms with Gasteiger partial charge in [-0.3, -0.25) is 4.79 Å². The number of hydrogen-bond donors (Lipinski definition) is 1. The third kappa shape index (κ3) is 2.62. The van der Waals surface area contributed by atoms with Crippen LogP contribution in [0.5, 0.6) is 0 Å². The van der Waals surface area contributed by atoms with E-state index in [2.05, 4.69) is 16.8 Å². The molecule has 4 atom stereocenters. The van der Waals surface area contributed by atoms with Crippen molar-refractivity contribution in [1.29, 1.82) is 0 Å². The number of carbonyl (C=O) groups is 1. The van der Waals surface area contributed by atoms with Gasteiger partial charge in [-0.1, -0.05) is 6.07 Å². The lowest BCUT2D eigenvalue weighted by Crippen LogP contribution is -2.56. The number of nitrogens with zero attached hydrogens (tertiary/aromatic N) is 1. The summed E-state index contributed by atoms with van der Waals surface area (Å²) in [7, 11) is 0. The third-order valence-corrected chi connectivity index (χ3v) is 6.15. The first-order valence-corrected chi connectivity index (χ1v) is 8.86. The molecule has 4 nitrogen and oxygen atoms in total. The fraction of sp³-hybridized carbons (Fsp3) is 0.688. The van der Waals surface area contributed by atoms with Crippen molar-refractivity contribution in [2.45, 2.75) is 31.4 Å². The van der Waals surface area contributed by atoms with Crippen LogP contribution in [0.3, 0.4) is 0 Å². The zero-order valence-corrected chi connectivity index (χ0v) is 13.0. The Morgan fingerprint density at radius 1 is 1.43 bits per heavy atom. The molecule has 0 spiro atoms. The first-order chi connectivity index (χ1) is 10.3. The van der Waals surface area contributed by atoms with E-state index in [0.717, 1.165) is 19.5 Å². The highest BCUT2D eigenvalue weighted by Crippen LogP contribution is 2.35. The van der Waals surface area contributed by atoms with Crippen LogP contribution in [0.1, 0.15) is 30.2 Å².